The lowest BCUT2D eigenvalue weighted by atomic mass is 9.99. The number of aliphatic hydroxyl groups is 1. The topological polar surface area (TPSA) is 163 Å². The Kier molecular flexibility index (Phi) is 12.8. The Morgan fingerprint density at radius 2 is 1.65 bits per heavy atom. The van der Waals surface area contributed by atoms with E-state index in [4.69, 9.17) is 10.5 Å². The van der Waals surface area contributed by atoms with Crippen molar-refractivity contribution < 1.29 is 29.0 Å². The van der Waals surface area contributed by atoms with Crippen LogP contribution in [0, 0.1) is 0 Å². The van der Waals surface area contributed by atoms with Crippen molar-refractivity contribution in [2.45, 2.75) is 76.4 Å². The van der Waals surface area contributed by atoms with Gasteiger partial charge in [-0.1, -0.05) is 60.7 Å². The van der Waals surface area contributed by atoms with Gasteiger partial charge in [0.2, 0.25) is 17.7 Å². The molecule has 4 amide bonds. The smallest absolute Gasteiger partial charge is 0.408 e. The van der Waals surface area contributed by atoms with Crippen molar-refractivity contribution in [1.29, 1.82) is 0 Å². The molecule has 0 unspecified atom stereocenters. The summed E-state index contributed by atoms with van der Waals surface area (Å²) in [6.45, 7) is 5.98. The predicted octanol–water partition coefficient (Wildman–Crippen LogP) is 1.92. The molecule has 3 rings (SSSR count). The third-order valence-electron chi connectivity index (χ3n) is 6.76. The first kappa shape index (κ1) is 33.9. The minimum Gasteiger partial charge on any atom is -0.445 e. The summed E-state index contributed by atoms with van der Waals surface area (Å²) in [6.07, 6.45) is -1.76. The number of ether oxygens (including phenoxy) is 1. The molecule has 2 aromatic carbocycles. The molecule has 1 fully saturated rings. The summed E-state index contributed by atoms with van der Waals surface area (Å²) in [5.41, 5.74) is 6.68. The van der Waals surface area contributed by atoms with E-state index in [9.17, 15) is 24.3 Å². The van der Waals surface area contributed by atoms with Crippen LogP contribution >= 0.6 is 11.8 Å². The molecule has 1 aliphatic rings. The molecule has 234 valence electrons. The highest BCUT2D eigenvalue weighted by Gasteiger charge is 2.34. The number of benzene rings is 2. The molecule has 2 aromatic rings. The standard InChI is InChI=1S/C31H43N5O6S/c1-31(2,3)35-28(39)15-23-19-43-20-36(23)17-26(37)24(14-21-10-6-4-7-11-21)33-29(40)25(16-27(32)38)34-30(41)42-18-22-12-8-5-9-13-22/h4-13,23-26,37H,14-20H2,1-3H3,(H2,32,38)(H,33,40)(H,34,41)(H,35,39)/t23-,24+,25+,26-/m1/s1. The third kappa shape index (κ3) is 12.3. The molecule has 0 spiro atoms. The van der Waals surface area contributed by atoms with Crippen LogP contribution in [0.25, 0.3) is 0 Å². The minimum atomic E-state index is -1.30. The van der Waals surface area contributed by atoms with Gasteiger partial charge in [-0.2, -0.15) is 0 Å². The van der Waals surface area contributed by atoms with Gasteiger partial charge in [0.25, 0.3) is 0 Å². The van der Waals surface area contributed by atoms with Gasteiger partial charge < -0.3 is 31.5 Å². The van der Waals surface area contributed by atoms with Crippen LogP contribution in [0.15, 0.2) is 60.7 Å². The fourth-order valence-electron chi connectivity index (χ4n) is 4.71. The first-order valence-electron chi connectivity index (χ1n) is 14.3. The van der Waals surface area contributed by atoms with Crippen LogP contribution in [-0.2, 0) is 32.1 Å². The van der Waals surface area contributed by atoms with Gasteiger partial charge in [-0.3, -0.25) is 19.3 Å². The maximum absolute atomic E-state index is 13.4. The van der Waals surface area contributed by atoms with Crippen LogP contribution in [0.3, 0.4) is 0 Å². The zero-order valence-corrected chi connectivity index (χ0v) is 25.8. The van der Waals surface area contributed by atoms with Gasteiger partial charge >= 0.3 is 6.09 Å². The number of alkyl carbamates (subject to hydrolysis) is 1. The van der Waals surface area contributed by atoms with E-state index in [0.29, 0.717) is 18.7 Å². The van der Waals surface area contributed by atoms with Crippen LogP contribution < -0.4 is 21.7 Å². The number of nitrogens with two attached hydrogens (primary N) is 1. The summed E-state index contributed by atoms with van der Waals surface area (Å²) < 4.78 is 5.23. The molecule has 0 radical (unpaired) electrons. The molecule has 1 saturated heterocycles. The van der Waals surface area contributed by atoms with Crippen molar-refractivity contribution in [1.82, 2.24) is 20.9 Å². The van der Waals surface area contributed by atoms with E-state index in [2.05, 4.69) is 16.0 Å². The maximum Gasteiger partial charge on any atom is 0.408 e. The second kappa shape index (κ2) is 16.3. The lowest BCUT2D eigenvalue weighted by Crippen LogP contribution is -2.56. The Labute approximate surface area is 257 Å². The van der Waals surface area contributed by atoms with E-state index in [1.54, 1.807) is 23.9 Å². The quantitative estimate of drug-likeness (QED) is 0.216. The van der Waals surface area contributed by atoms with Crippen molar-refractivity contribution in [3.05, 3.63) is 71.8 Å². The van der Waals surface area contributed by atoms with Crippen LogP contribution in [0.1, 0.15) is 44.7 Å². The van der Waals surface area contributed by atoms with Gasteiger partial charge in [0.15, 0.2) is 0 Å². The number of carbonyl (C=O) groups excluding carboxylic acids is 4. The molecular weight excluding hydrogens is 570 g/mol. The molecule has 0 bridgehead atoms. The highest BCUT2D eigenvalue weighted by atomic mass is 32.2. The molecule has 43 heavy (non-hydrogen) atoms. The molecule has 12 heteroatoms. The number of rotatable bonds is 14. The number of hydrogen-bond acceptors (Lipinski definition) is 8. The highest BCUT2D eigenvalue weighted by molar-refractivity contribution is 7.99. The molecule has 1 aliphatic heterocycles. The van der Waals surface area contributed by atoms with Gasteiger partial charge in [0, 0.05) is 36.2 Å². The average Bonchev–Trinajstić information content (AvgIpc) is 3.36. The van der Waals surface area contributed by atoms with Crippen molar-refractivity contribution in [2.24, 2.45) is 5.73 Å². The Balaban J connectivity index is 1.69. The molecule has 1 heterocycles. The van der Waals surface area contributed by atoms with Crippen LogP contribution in [0.2, 0.25) is 0 Å². The van der Waals surface area contributed by atoms with Crippen molar-refractivity contribution >= 4 is 35.6 Å². The van der Waals surface area contributed by atoms with Crippen LogP contribution in [0.4, 0.5) is 4.79 Å². The third-order valence-corrected chi connectivity index (χ3v) is 7.89. The number of carbonyl (C=O) groups is 4. The summed E-state index contributed by atoms with van der Waals surface area (Å²) >= 11 is 1.68. The zero-order chi connectivity index (χ0) is 31.4. The molecular formula is C31H43N5O6S. The number of aliphatic hydroxyl groups excluding tert-OH is 1. The van der Waals surface area contributed by atoms with Crippen LogP contribution in [-0.4, -0.2) is 81.8 Å². The van der Waals surface area contributed by atoms with E-state index in [-0.39, 0.29) is 30.6 Å². The summed E-state index contributed by atoms with van der Waals surface area (Å²) in [5.74, 6) is -0.139. The molecule has 4 atom stereocenters. The van der Waals surface area contributed by atoms with Crippen LogP contribution in [0.5, 0.6) is 0 Å². The number of amides is 4. The normalized spacial score (nSPS) is 17.3. The predicted molar refractivity (Wildman–Crippen MR) is 166 cm³/mol. The van der Waals surface area contributed by atoms with E-state index >= 15 is 0 Å². The van der Waals surface area contributed by atoms with Gasteiger partial charge in [-0.05, 0) is 38.3 Å². The largest absolute Gasteiger partial charge is 0.445 e. The van der Waals surface area contributed by atoms with Crippen molar-refractivity contribution in [3.63, 3.8) is 0 Å². The zero-order valence-electron chi connectivity index (χ0n) is 25.0. The summed E-state index contributed by atoms with van der Waals surface area (Å²) in [6, 6.07) is 16.3. The Morgan fingerprint density at radius 1 is 1.02 bits per heavy atom. The molecule has 0 aliphatic carbocycles. The number of nitrogens with zero attached hydrogens (tertiary/aromatic N) is 1. The van der Waals surface area contributed by atoms with E-state index in [0.717, 1.165) is 16.9 Å². The number of nitrogens with one attached hydrogen (secondary N) is 3. The maximum atomic E-state index is 13.4. The monoisotopic (exact) mass is 613 g/mol. The van der Waals surface area contributed by atoms with Gasteiger partial charge in [-0.25, -0.2) is 4.79 Å². The second-order valence-electron chi connectivity index (χ2n) is 11.7. The molecule has 11 nitrogen and oxygen atoms in total. The Morgan fingerprint density at radius 3 is 2.26 bits per heavy atom. The second-order valence-corrected chi connectivity index (χ2v) is 12.7. The number of primary amides is 1. The fourth-order valence-corrected chi connectivity index (χ4v) is 5.97. The summed E-state index contributed by atoms with van der Waals surface area (Å²) in [4.78, 5) is 52.3. The molecule has 0 aromatic heterocycles. The number of β-amino-alcohol motifs (C(OH)–C–C–N with tert-alkyl or cyclic N) is 1. The number of hydrogen-bond donors (Lipinski definition) is 5. The highest BCUT2D eigenvalue weighted by Crippen LogP contribution is 2.24. The van der Waals surface area contributed by atoms with Crippen molar-refractivity contribution in [2.75, 3.05) is 18.2 Å². The van der Waals surface area contributed by atoms with E-state index < -0.39 is 42.5 Å². The number of thioether (sulfide) groups is 1. The summed E-state index contributed by atoms with van der Waals surface area (Å²) in [7, 11) is 0. The molecule has 6 N–H and O–H groups in total. The fraction of sp³-hybridized carbons (Fsp3) is 0.484. The Hall–Kier alpha value is -3.61. The van der Waals surface area contributed by atoms with E-state index in [1.165, 1.54) is 0 Å². The first-order chi connectivity index (χ1) is 20.4. The first-order valence-corrected chi connectivity index (χ1v) is 15.5. The van der Waals surface area contributed by atoms with Gasteiger partial charge in [0.05, 0.1) is 18.6 Å². The lowest BCUT2D eigenvalue weighted by Gasteiger charge is -2.32. The van der Waals surface area contributed by atoms with Crippen molar-refractivity contribution in [3.8, 4) is 0 Å². The minimum absolute atomic E-state index is 0.0181. The van der Waals surface area contributed by atoms with E-state index in [1.807, 2.05) is 74.2 Å². The SMILES string of the molecule is CC(C)(C)NC(=O)C[C@@H]1CSCN1C[C@@H](O)[C@H](Cc1ccccc1)NC(=O)[C@H](CC(N)=O)NC(=O)OCc1ccccc1. The molecule has 0 saturated carbocycles. The lowest BCUT2D eigenvalue weighted by molar-refractivity contribution is -0.128. The Bertz CT molecular complexity index is 1210. The van der Waals surface area contributed by atoms with Gasteiger partial charge in [-0.15, -0.1) is 11.8 Å². The van der Waals surface area contributed by atoms with Gasteiger partial charge in [0.1, 0.15) is 12.6 Å². The summed E-state index contributed by atoms with van der Waals surface area (Å²) in [5, 5.41) is 19.7. The average molecular weight is 614 g/mol.